The van der Waals surface area contributed by atoms with Crippen LogP contribution in [0.1, 0.15) is 15.9 Å². The van der Waals surface area contributed by atoms with Crippen LogP contribution < -0.4 is 24.2 Å². The van der Waals surface area contributed by atoms with Crippen LogP contribution in [-0.4, -0.2) is 24.5 Å². The number of ketones is 1. The van der Waals surface area contributed by atoms with Crippen molar-refractivity contribution in [3.63, 3.8) is 0 Å². The van der Waals surface area contributed by atoms with Gasteiger partial charge in [-0.3, -0.25) is 9.59 Å². The molecule has 0 spiro atoms. The van der Waals surface area contributed by atoms with Gasteiger partial charge in [0.15, 0.2) is 17.3 Å². The van der Waals surface area contributed by atoms with Crippen LogP contribution in [0.25, 0.3) is 12.2 Å². The molecule has 29 heavy (non-hydrogen) atoms. The molecule has 0 aliphatic carbocycles. The first-order valence-electron chi connectivity index (χ1n) is 8.21. The van der Waals surface area contributed by atoms with E-state index >= 15 is 0 Å². The number of H-pyrrole nitrogens is 1. The molecule has 0 saturated heterocycles. The summed E-state index contributed by atoms with van der Waals surface area (Å²) in [5.74, 6) is -0.303. The van der Waals surface area contributed by atoms with Crippen LogP contribution in [0.2, 0.25) is 5.02 Å². The van der Waals surface area contributed by atoms with Crippen molar-refractivity contribution < 1.29 is 23.0 Å². The average molecular weight is 438 g/mol. The van der Waals surface area contributed by atoms with Gasteiger partial charge in [-0.1, -0.05) is 29.8 Å². The number of rotatable bonds is 6. The van der Waals surface area contributed by atoms with E-state index in [1.165, 1.54) is 37.5 Å². The number of aromatic nitrogens is 1. The molecule has 0 amide bonds. The molecular formula is C20H14ClF2NO4S. The summed E-state index contributed by atoms with van der Waals surface area (Å²) in [7, 11) is 1.32. The molecule has 150 valence electrons. The van der Waals surface area contributed by atoms with E-state index < -0.39 is 6.61 Å². The summed E-state index contributed by atoms with van der Waals surface area (Å²) < 4.78 is 35.0. The Morgan fingerprint density at radius 3 is 2.69 bits per heavy atom. The molecule has 0 atom stereocenters. The Bertz CT molecular complexity index is 1220. The molecule has 0 fully saturated rings. The minimum Gasteiger partial charge on any atom is -0.493 e. The van der Waals surface area contributed by atoms with Gasteiger partial charge in [-0.2, -0.15) is 8.78 Å². The number of halogens is 3. The average Bonchev–Trinajstić information content (AvgIpc) is 3.01. The van der Waals surface area contributed by atoms with Gasteiger partial charge < -0.3 is 14.5 Å². The summed E-state index contributed by atoms with van der Waals surface area (Å²) in [5, 5.41) is 0.436. The van der Waals surface area contributed by atoms with Crippen molar-refractivity contribution in [2.45, 2.75) is 6.61 Å². The highest BCUT2D eigenvalue weighted by Gasteiger charge is 2.10. The number of Topliss-reactive ketones (excluding diaryl/α,β-unsaturated/α-hetero) is 1. The fourth-order valence-electron chi connectivity index (χ4n) is 2.49. The van der Waals surface area contributed by atoms with Gasteiger partial charge in [0, 0.05) is 16.7 Å². The van der Waals surface area contributed by atoms with Gasteiger partial charge in [0.2, 0.25) is 0 Å². The number of carbonyl (C=O) groups is 1. The van der Waals surface area contributed by atoms with Crippen molar-refractivity contribution in [2.75, 3.05) is 7.11 Å². The molecule has 1 N–H and O–H groups in total. The Labute approximate surface area is 172 Å². The van der Waals surface area contributed by atoms with Crippen LogP contribution >= 0.6 is 22.9 Å². The van der Waals surface area contributed by atoms with Gasteiger partial charge in [-0.15, -0.1) is 11.3 Å². The van der Waals surface area contributed by atoms with E-state index in [0.29, 0.717) is 25.3 Å². The molecule has 1 heterocycles. The summed E-state index contributed by atoms with van der Waals surface area (Å²) in [5.41, 5.74) is 0.562. The van der Waals surface area contributed by atoms with Gasteiger partial charge in [-0.05, 0) is 35.9 Å². The fourth-order valence-corrected chi connectivity index (χ4v) is 3.56. The van der Waals surface area contributed by atoms with E-state index in [1.54, 1.807) is 24.3 Å². The van der Waals surface area contributed by atoms with E-state index in [9.17, 15) is 18.4 Å². The third kappa shape index (κ3) is 5.30. The van der Waals surface area contributed by atoms with E-state index in [4.69, 9.17) is 16.3 Å². The van der Waals surface area contributed by atoms with Crippen LogP contribution in [0.15, 0.2) is 47.3 Å². The summed E-state index contributed by atoms with van der Waals surface area (Å²) >= 11 is 6.97. The van der Waals surface area contributed by atoms with Crippen molar-refractivity contribution >= 4 is 40.9 Å². The lowest BCUT2D eigenvalue weighted by atomic mass is 10.1. The van der Waals surface area contributed by atoms with Gasteiger partial charge in [0.25, 0.3) is 5.56 Å². The summed E-state index contributed by atoms with van der Waals surface area (Å²) in [6.07, 6.45) is 2.87. The maximum absolute atomic E-state index is 12.4. The molecule has 0 aliphatic rings. The highest BCUT2D eigenvalue weighted by molar-refractivity contribution is 7.07. The lowest BCUT2D eigenvalue weighted by Crippen LogP contribution is -2.20. The van der Waals surface area contributed by atoms with Gasteiger partial charge in [0.1, 0.15) is 0 Å². The number of hydrogen-bond acceptors (Lipinski definition) is 5. The number of aromatic amines is 1. The number of methoxy groups -OCH3 is 1. The minimum absolute atomic E-state index is 0.106. The molecule has 0 radical (unpaired) electrons. The summed E-state index contributed by atoms with van der Waals surface area (Å²) in [6.45, 7) is -2.98. The zero-order chi connectivity index (χ0) is 21.0. The van der Waals surface area contributed by atoms with E-state index in [1.807, 2.05) is 0 Å². The molecule has 0 unspecified atom stereocenters. The molecule has 0 bridgehead atoms. The third-order valence-electron chi connectivity index (χ3n) is 3.75. The Kier molecular flexibility index (Phi) is 6.46. The zero-order valence-corrected chi connectivity index (χ0v) is 16.5. The molecule has 2 aromatic carbocycles. The van der Waals surface area contributed by atoms with Crippen LogP contribution in [0, 0.1) is 0 Å². The quantitative estimate of drug-likeness (QED) is 0.601. The normalized spacial score (nSPS) is 12.4. The number of ether oxygens (including phenoxy) is 2. The second-order valence-corrected chi connectivity index (χ2v) is 7.26. The van der Waals surface area contributed by atoms with Crippen LogP contribution in [0.3, 0.4) is 0 Å². The largest absolute Gasteiger partial charge is 0.493 e. The third-order valence-corrected chi connectivity index (χ3v) is 4.95. The molecule has 0 saturated carbocycles. The molecule has 9 heteroatoms. The maximum Gasteiger partial charge on any atom is 0.387 e. The van der Waals surface area contributed by atoms with Crippen LogP contribution in [0.5, 0.6) is 11.5 Å². The summed E-state index contributed by atoms with van der Waals surface area (Å²) in [4.78, 5) is 27.1. The molecule has 3 rings (SSSR count). The van der Waals surface area contributed by atoms with Gasteiger partial charge in [-0.25, -0.2) is 0 Å². The van der Waals surface area contributed by atoms with E-state index in [2.05, 4.69) is 9.72 Å². The topological polar surface area (TPSA) is 68.4 Å². The second-order valence-electron chi connectivity index (χ2n) is 5.74. The Morgan fingerprint density at radius 2 is 2.00 bits per heavy atom. The number of carbonyl (C=O) groups excluding carboxylic acids is 1. The fraction of sp³-hybridized carbons (Fsp3) is 0.100. The first kappa shape index (κ1) is 20.8. The van der Waals surface area contributed by atoms with E-state index in [-0.39, 0.29) is 22.8 Å². The molecule has 5 nitrogen and oxygen atoms in total. The van der Waals surface area contributed by atoms with Crippen molar-refractivity contribution in [3.8, 4) is 11.5 Å². The second kappa shape index (κ2) is 9.02. The van der Waals surface area contributed by atoms with Crippen molar-refractivity contribution in [1.82, 2.24) is 4.98 Å². The highest BCUT2D eigenvalue weighted by Crippen LogP contribution is 2.29. The predicted octanol–water partition coefficient (Wildman–Crippen LogP) is 3.19. The Balaban J connectivity index is 1.95. The van der Waals surface area contributed by atoms with Crippen molar-refractivity contribution in [2.24, 2.45) is 0 Å². The first-order chi connectivity index (χ1) is 13.9. The molecule has 0 aliphatic heterocycles. The number of benzene rings is 2. The zero-order valence-electron chi connectivity index (χ0n) is 14.9. The van der Waals surface area contributed by atoms with Gasteiger partial charge in [0.05, 0.1) is 16.3 Å². The van der Waals surface area contributed by atoms with Crippen molar-refractivity contribution in [1.29, 1.82) is 0 Å². The monoisotopic (exact) mass is 437 g/mol. The standard InChI is InChI=1S/C20H14ClF2NO4S/c1-27-16-7-11(5-6-15(16)28-20(22)23)8-17-19(26)24-18(29-17)10-14(25)12-3-2-4-13(21)9-12/h2-10,20H,1H3,(H,24,26). The highest BCUT2D eigenvalue weighted by atomic mass is 35.5. The number of nitrogens with one attached hydrogen (secondary N) is 1. The Morgan fingerprint density at radius 1 is 1.21 bits per heavy atom. The van der Waals surface area contributed by atoms with Crippen molar-refractivity contribution in [3.05, 3.63) is 78.2 Å². The number of thiazole rings is 1. The first-order valence-corrected chi connectivity index (χ1v) is 9.40. The molecular weight excluding hydrogens is 424 g/mol. The predicted molar refractivity (Wildman–Crippen MR) is 108 cm³/mol. The SMILES string of the molecule is COc1cc(C=c2sc(=CC(=O)c3cccc(Cl)c3)[nH]c2=O)ccc1OC(F)F. The minimum atomic E-state index is -2.98. The van der Waals surface area contributed by atoms with Crippen LogP contribution in [-0.2, 0) is 0 Å². The summed E-state index contributed by atoms with van der Waals surface area (Å²) in [6, 6.07) is 10.8. The molecule has 3 aromatic rings. The van der Waals surface area contributed by atoms with E-state index in [0.717, 1.165) is 11.3 Å². The number of hydrogen-bond donors (Lipinski definition) is 1. The lowest BCUT2D eigenvalue weighted by Gasteiger charge is -2.09. The molecule has 1 aromatic heterocycles. The number of alkyl halides is 2. The van der Waals surface area contributed by atoms with Gasteiger partial charge >= 0.3 is 6.61 Å². The lowest BCUT2D eigenvalue weighted by molar-refractivity contribution is -0.0512. The maximum atomic E-state index is 12.4. The smallest absolute Gasteiger partial charge is 0.387 e. The van der Waals surface area contributed by atoms with Crippen LogP contribution in [0.4, 0.5) is 8.78 Å². The Hall–Kier alpha value is -2.97.